The van der Waals surface area contributed by atoms with Crippen molar-refractivity contribution in [3.8, 4) is 0 Å². The van der Waals surface area contributed by atoms with Gasteiger partial charge in [-0.15, -0.1) is 11.8 Å². The van der Waals surface area contributed by atoms with Crippen molar-refractivity contribution >= 4 is 17.5 Å². The normalized spacial score (nSPS) is 25.5. The fourth-order valence-electron chi connectivity index (χ4n) is 1.69. The van der Waals surface area contributed by atoms with E-state index in [0.29, 0.717) is 24.2 Å². The molecule has 1 aliphatic rings. The zero-order chi connectivity index (χ0) is 11.4. The van der Waals surface area contributed by atoms with Gasteiger partial charge < -0.3 is 5.32 Å². The molecule has 0 aromatic carbocycles. The number of carbonyl (C=O) groups is 1. The highest BCUT2D eigenvalue weighted by atomic mass is 32.2. The first kappa shape index (κ1) is 12.8. The molecule has 0 amide bonds. The topological polar surface area (TPSA) is 29.1 Å². The second kappa shape index (κ2) is 5.71. The second-order valence-corrected chi connectivity index (χ2v) is 5.85. The number of rotatable bonds is 5. The third kappa shape index (κ3) is 3.99. The highest BCUT2D eigenvalue weighted by Crippen LogP contribution is 2.30. The fraction of sp³-hybridized carbons (Fsp3) is 0.750. The first-order chi connectivity index (χ1) is 7.00. The third-order valence-electron chi connectivity index (χ3n) is 2.32. The van der Waals surface area contributed by atoms with E-state index >= 15 is 0 Å². The minimum absolute atomic E-state index is 0.0693. The summed E-state index contributed by atoms with van der Waals surface area (Å²) < 4.78 is 0. The maximum Gasteiger partial charge on any atom is 0.142 e. The molecule has 0 fully saturated rings. The summed E-state index contributed by atoms with van der Waals surface area (Å²) >= 11 is 1.72. The largest absolute Gasteiger partial charge is 0.302 e. The van der Waals surface area contributed by atoms with Gasteiger partial charge in [-0.25, -0.2) is 0 Å². The van der Waals surface area contributed by atoms with Gasteiger partial charge in [0.15, 0.2) is 0 Å². The Balaban J connectivity index is 2.51. The second-order valence-electron chi connectivity index (χ2n) is 4.80. The molecule has 0 aliphatic carbocycles. The van der Waals surface area contributed by atoms with Crippen LogP contribution in [0.15, 0.2) is 11.5 Å². The fourth-order valence-corrected chi connectivity index (χ4v) is 2.88. The van der Waals surface area contributed by atoms with Crippen molar-refractivity contribution < 1.29 is 4.79 Å². The van der Waals surface area contributed by atoms with Crippen molar-refractivity contribution in [2.24, 2.45) is 11.8 Å². The molecule has 15 heavy (non-hydrogen) atoms. The summed E-state index contributed by atoms with van der Waals surface area (Å²) in [6, 6.07) is 0.428. The van der Waals surface area contributed by atoms with E-state index in [1.807, 2.05) is 11.5 Å². The van der Waals surface area contributed by atoms with Crippen LogP contribution in [0, 0.1) is 11.8 Å². The van der Waals surface area contributed by atoms with Gasteiger partial charge in [0.1, 0.15) is 5.78 Å². The van der Waals surface area contributed by atoms with Crippen LogP contribution < -0.4 is 5.32 Å². The summed E-state index contributed by atoms with van der Waals surface area (Å²) in [5.41, 5.74) is 0. The van der Waals surface area contributed by atoms with Gasteiger partial charge in [0, 0.05) is 12.5 Å². The van der Waals surface area contributed by atoms with E-state index in [4.69, 9.17) is 0 Å². The van der Waals surface area contributed by atoms with Crippen LogP contribution in [-0.2, 0) is 4.79 Å². The molecule has 1 heterocycles. The molecule has 2 nitrogen and oxygen atoms in total. The Morgan fingerprint density at radius 2 is 2.07 bits per heavy atom. The molecule has 2 atom stereocenters. The minimum Gasteiger partial charge on any atom is -0.302 e. The van der Waals surface area contributed by atoms with Crippen LogP contribution in [-0.4, -0.2) is 17.2 Å². The number of Topliss-reactive ketones (excluding diaryl/α,β-unsaturated/α-hetero) is 1. The van der Waals surface area contributed by atoms with Gasteiger partial charge in [0.25, 0.3) is 0 Å². The quantitative estimate of drug-likeness (QED) is 0.783. The maximum absolute atomic E-state index is 11.9. The van der Waals surface area contributed by atoms with Crippen molar-refractivity contribution in [3.63, 3.8) is 0 Å². The molecule has 2 unspecified atom stereocenters. The van der Waals surface area contributed by atoms with Gasteiger partial charge in [0.2, 0.25) is 0 Å². The van der Waals surface area contributed by atoms with Gasteiger partial charge in [-0.1, -0.05) is 19.9 Å². The van der Waals surface area contributed by atoms with Gasteiger partial charge in [0.05, 0.1) is 11.3 Å². The standard InChI is InChI=1S/C12H21NOS/c1-8(2)7-11(14)10-5-6-15-12(10)13-9(3)4/h5-6,8-10,12-13H,7H2,1-4H3. The average molecular weight is 227 g/mol. The lowest BCUT2D eigenvalue weighted by molar-refractivity contribution is -0.122. The van der Waals surface area contributed by atoms with Crippen LogP contribution in [0.2, 0.25) is 0 Å². The SMILES string of the molecule is CC(C)CC(=O)C1C=CSC1NC(C)C. The summed E-state index contributed by atoms with van der Waals surface area (Å²) in [4.78, 5) is 11.9. The van der Waals surface area contributed by atoms with E-state index in [1.54, 1.807) is 11.8 Å². The van der Waals surface area contributed by atoms with Gasteiger partial charge >= 0.3 is 0 Å². The van der Waals surface area contributed by atoms with E-state index in [-0.39, 0.29) is 11.3 Å². The minimum atomic E-state index is 0.0693. The van der Waals surface area contributed by atoms with Gasteiger partial charge in [-0.05, 0) is 25.2 Å². The lowest BCUT2D eigenvalue weighted by Gasteiger charge is -2.21. The van der Waals surface area contributed by atoms with Crippen molar-refractivity contribution in [2.45, 2.75) is 45.5 Å². The van der Waals surface area contributed by atoms with Crippen LogP contribution >= 0.6 is 11.8 Å². The summed E-state index contributed by atoms with van der Waals surface area (Å²) in [6.07, 6.45) is 2.72. The average Bonchev–Trinajstić information content (AvgIpc) is 2.49. The Kier molecular flexibility index (Phi) is 4.87. The van der Waals surface area contributed by atoms with Crippen LogP contribution in [0.25, 0.3) is 0 Å². The number of ketones is 1. The summed E-state index contributed by atoms with van der Waals surface area (Å²) in [5, 5.41) is 5.72. The predicted molar refractivity (Wildman–Crippen MR) is 66.7 cm³/mol. The van der Waals surface area contributed by atoms with Gasteiger partial charge in [-0.2, -0.15) is 0 Å². The van der Waals surface area contributed by atoms with Crippen LogP contribution in [0.5, 0.6) is 0 Å². The molecule has 86 valence electrons. The maximum atomic E-state index is 11.9. The number of nitrogens with one attached hydrogen (secondary N) is 1. The van der Waals surface area contributed by atoms with Crippen molar-refractivity contribution in [1.82, 2.24) is 5.32 Å². The Morgan fingerprint density at radius 1 is 1.40 bits per heavy atom. The Labute approximate surface area is 96.9 Å². The molecular weight excluding hydrogens is 206 g/mol. The molecule has 1 rings (SSSR count). The van der Waals surface area contributed by atoms with Crippen molar-refractivity contribution in [1.29, 1.82) is 0 Å². The molecule has 0 radical (unpaired) electrons. The Bertz CT molecular complexity index is 248. The highest BCUT2D eigenvalue weighted by Gasteiger charge is 2.29. The van der Waals surface area contributed by atoms with Crippen LogP contribution in [0.1, 0.15) is 34.1 Å². The monoisotopic (exact) mass is 227 g/mol. The zero-order valence-electron chi connectivity index (χ0n) is 9.99. The van der Waals surface area contributed by atoms with Crippen LogP contribution in [0.3, 0.4) is 0 Å². The molecule has 0 aromatic heterocycles. The van der Waals surface area contributed by atoms with E-state index in [9.17, 15) is 4.79 Å². The molecule has 0 saturated carbocycles. The molecule has 0 saturated heterocycles. The predicted octanol–water partition coefficient (Wildman–Crippen LogP) is 2.80. The van der Waals surface area contributed by atoms with Crippen molar-refractivity contribution in [2.75, 3.05) is 0 Å². The summed E-state index contributed by atoms with van der Waals surface area (Å²) in [6.45, 7) is 8.41. The number of thioether (sulfide) groups is 1. The summed E-state index contributed by atoms with van der Waals surface area (Å²) in [7, 11) is 0. The summed E-state index contributed by atoms with van der Waals surface area (Å²) in [5.74, 6) is 0.889. The Hall–Kier alpha value is -0.280. The van der Waals surface area contributed by atoms with E-state index < -0.39 is 0 Å². The number of hydrogen-bond acceptors (Lipinski definition) is 3. The zero-order valence-corrected chi connectivity index (χ0v) is 10.8. The Morgan fingerprint density at radius 3 is 2.60 bits per heavy atom. The van der Waals surface area contributed by atoms with Crippen LogP contribution in [0.4, 0.5) is 0 Å². The molecular formula is C12H21NOS. The van der Waals surface area contributed by atoms with E-state index in [2.05, 4.69) is 33.0 Å². The lowest BCUT2D eigenvalue weighted by atomic mass is 9.96. The molecule has 0 spiro atoms. The lowest BCUT2D eigenvalue weighted by Crippen LogP contribution is -2.38. The van der Waals surface area contributed by atoms with E-state index in [0.717, 1.165) is 0 Å². The number of carbonyl (C=O) groups excluding carboxylic acids is 1. The molecule has 3 heteroatoms. The molecule has 0 bridgehead atoms. The first-order valence-electron chi connectivity index (χ1n) is 5.61. The highest BCUT2D eigenvalue weighted by molar-refractivity contribution is 8.03. The first-order valence-corrected chi connectivity index (χ1v) is 6.56. The molecule has 1 aliphatic heterocycles. The molecule has 1 N–H and O–H groups in total. The van der Waals surface area contributed by atoms with Crippen molar-refractivity contribution in [3.05, 3.63) is 11.5 Å². The third-order valence-corrected chi connectivity index (χ3v) is 3.35. The smallest absolute Gasteiger partial charge is 0.142 e. The number of hydrogen-bond donors (Lipinski definition) is 1. The van der Waals surface area contributed by atoms with E-state index in [1.165, 1.54) is 0 Å². The van der Waals surface area contributed by atoms with Gasteiger partial charge in [-0.3, -0.25) is 4.79 Å². The molecule has 0 aromatic rings.